The number of benzene rings is 3. The standard InChI is InChI=1S/C26H21Br2IN2O3S/c1-14-8-19(9-15(2)23(14)28)30-26-31-25(32)22(35-26)12-17-10-20(27)24(21(11-17)33-3)34-13-16-4-6-18(29)7-5-16/h4-12H,13H2,1-3H3,(H,30,31,32)/b22-12-. The van der Waals surface area contributed by atoms with Crippen molar-refractivity contribution in [3.63, 3.8) is 0 Å². The molecule has 0 unspecified atom stereocenters. The van der Waals surface area contributed by atoms with E-state index in [0.717, 1.165) is 36.9 Å². The number of amidine groups is 1. The Balaban J connectivity index is 1.54. The second-order valence-corrected chi connectivity index (χ2v) is 11.7. The van der Waals surface area contributed by atoms with Crippen LogP contribution in [0, 0.1) is 17.4 Å². The lowest BCUT2D eigenvalue weighted by molar-refractivity contribution is -0.115. The van der Waals surface area contributed by atoms with Crippen LogP contribution >= 0.6 is 66.2 Å². The van der Waals surface area contributed by atoms with Crippen LogP contribution in [-0.2, 0) is 11.4 Å². The van der Waals surface area contributed by atoms with Crippen LogP contribution in [0.15, 0.2) is 67.4 Å². The summed E-state index contributed by atoms with van der Waals surface area (Å²) in [5.41, 5.74) is 4.86. The van der Waals surface area contributed by atoms with Gasteiger partial charge in [-0.05, 0) is 129 Å². The van der Waals surface area contributed by atoms with Crippen molar-refractivity contribution in [1.82, 2.24) is 5.32 Å². The molecule has 0 aliphatic carbocycles. The van der Waals surface area contributed by atoms with Gasteiger partial charge in [0.1, 0.15) is 6.61 Å². The number of ether oxygens (including phenoxy) is 2. The van der Waals surface area contributed by atoms with Crippen LogP contribution < -0.4 is 14.8 Å². The van der Waals surface area contributed by atoms with E-state index < -0.39 is 0 Å². The molecule has 1 saturated heterocycles. The highest BCUT2D eigenvalue weighted by molar-refractivity contribution is 14.1. The van der Waals surface area contributed by atoms with Crippen molar-refractivity contribution >= 4 is 89.1 Å². The molecule has 0 saturated carbocycles. The molecule has 1 heterocycles. The second kappa shape index (κ2) is 11.5. The van der Waals surface area contributed by atoms with E-state index in [1.54, 1.807) is 7.11 Å². The number of aryl methyl sites for hydroxylation is 2. The summed E-state index contributed by atoms with van der Waals surface area (Å²) < 4.78 is 14.6. The predicted molar refractivity (Wildman–Crippen MR) is 159 cm³/mol. The molecule has 1 amide bonds. The first-order chi connectivity index (χ1) is 16.7. The highest BCUT2D eigenvalue weighted by Gasteiger charge is 2.24. The number of amides is 1. The summed E-state index contributed by atoms with van der Waals surface area (Å²) in [6.45, 7) is 4.45. The molecule has 3 aromatic rings. The number of thioether (sulfide) groups is 1. The molecule has 9 heteroatoms. The number of carbonyl (C=O) groups is 1. The fraction of sp³-hybridized carbons (Fsp3) is 0.154. The fourth-order valence-corrected chi connectivity index (χ4v) is 5.44. The molecule has 1 N–H and O–H groups in total. The molecule has 4 rings (SSSR count). The van der Waals surface area contributed by atoms with E-state index in [-0.39, 0.29) is 5.91 Å². The molecule has 0 bridgehead atoms. The minimum atomic E-state index is -0.187. The SMILES string of the molecule is COc1cc(/C=C2\SC(=Nc3cc(C)c(Br)c(C)c3)NC2=O)cc(Br)c1OCc1ccc(I)cc1. The van der Waals surface area contributed by atoms with Gasteiger partial charge in [-0.1, -0.05) is 28.1 Å². The number of halogens is 3. The van der Waals surface area contributed by atoms with Gasteiger partial charge in [-0.2, -0.15) is 0 Å². The van der Waals surface area contributed by atoms with E-state index in [1.807, 2.05) is 68.5 Å². The first-order valence-electron chi connectivity index (χ1n) is 10.5. The number of nitrogens with zero attached hydrogens (tertiary/aromatic N) is 1. The van der Waals surface area contributed by atoms with Gasteiger partial charge in [0.25, 0.3) is 5.91 Å². The highest BCUT2D eigenvalue weighted by Crippen LogP contribution is 2.39. The lowest BCUT2D eigenvalue weighted by Crippen LogP contribution is -2.19. The summed E-state index contributed by atoms with van der Waals surface area (Å²) >= 11 is 10.7. The maximum Gasteiger partial charge on any atom is 0.264 e. The minimum absolute atomic E-state index is 0.187. The summed E-state index contributed by atoms with van der Waals surface area (Å²) in [7, 11) is 1.60. The molecule has 0 spiro atoms. The second-order valence-electron chi connectivity index (χ2n) is 7.82. The third-order valence-electron chi connectivity index (χ3n) is 5.15. The van der Waals surface area contributed by atoms with Gasteiger partial charge in [0.05, 0.1) is 22.2 Å². The smallest absolute Gasteiger partial charge is 0.264 e. The van der Waals surface area contributed by atoms with Crippen molar-refractivity contribution in [2.24, 2.45) is 4.99 Å². The molecule has 0 atom stereocenters. The monoisotopic (exact) mass is 726 g/mol. The van der Waals surface area contributed by atoms with Gasteiger partial charge in [-0.15, -0.1) is 0 Å². The summed E-state index contributed by atoms with van der Waals surface area (Å²) in [5, 5.41) is 3.40. The van der Waals surface area contributed by atoms with E-state index in [4.69, 9.17) is 9.47 Å². The molecule has 1 aliphatic rings. The average Bonchev–Trinajstić information content (AvgIpc) is 3.15. The third-order valence-corrected chi connectivity index (χ3v) is 8.62. The third kappa shape index (κ3) is 6.49. The Kier molecular flexibility index (Phi) is 8.62. The largest absolute Gasteiger partial charge is 0.493 e. The number of nitrogens with one attached hydrogen (secondary N) is 1. The minimum Gasteiger partial charge on any atom is -0.493 e. The normalized spacial score (nSPS) is 15.5. The van der Waals surface area contributed by atoms with Crippen molar-refractivity contribution < 1.29 is 14.3 Å². The number of rotatable bonds is 6. The molecule has 1 fully saturated rings. The van der Waals surface area contributed by atoms with Crippen molar-refractivity contribution in [2.75, 3.05) is 7.11 Å². The number of carbonyl (C=O) groups excluding carboxylic acids is 1. The van der Waals surface area contributed by atoms with Crippen molar-refractivity contribution in [1.29, 1.82) is 0 Å². The molecule has 180 valence electrons. The van der Waals surface area contributed by atoms with E-state index >= 15 is 0 Å². The first-order valence-corrected chi connectivity index (χ1v) is 14.0. The molecule has 0 aromatic heterocycles. The van der Waals surface area contributed by atoms with Gasteiger partial charge in [0.15, 0.2) is 16.7 Å². The molecular formula is C26H21Br2IN2O3S. The topological polar surface area (TPSA) is 59.9 Å². The first kappa shape index (κ1) is 26.2. The number of hydrogen-bond acceptors (Lipinski definition) is 5. The lowest BCUT2D eigenvalue weighted by Gasteiger charge is -2.14. The predicted octanol–water partition coefficient (Wildman–Crippen LogP) is 7.91. The summed E-state index contributed by atoms with van der Waals surface area (Å²) in [6, 6.07) is 15.9. The Morgan fingerprint density at radius 1 is 1.09 bits per heavy atom. The zero-order valence-electron chi connectivity index (χ0n) is 19.1. The summed E-state index contributed by atoms with van der Waals surface area (Å²) in [5.74, 6) is 1.00. The van der Waals surface area contributed by atoms with E-state index in [1.165, 1.54) is 15.3 Å². The number of aliphatic imine (C=N–C) groups is 1. The fourth-order valence-electron chi connectivity index (χ4n) is 3.44. The van der Waals surface area contributed by atoms with Gasteiger partial charge in [-0.3, -0.25) is 4.79 Å². The van der Waals surface area contributed by atoms with Gasteiger partial charge >= 0.3 is 0 Å². The van der Waals surface area contributed by atoms with Crippen molar-refractivity contribution in [2.45, 2.75) is 20.5 Å². The maximum atomic E-state index is 12.6. The highest BCUT2D eigenvalue weighted by atomic mass is 127. The lowest BCUT2D eigenvalue weighted by atomic mass is 10.1. The number of methoxy groups -OCH3 is 1. The zero-order valence-corrected chi connectivity index (χ0v) is 25.3. The molecule has 35 heavy (non-hydrogen) atoms. The summed E-state index contributed by atoms with van der Waals surface area (Å²) in [4.78, 5) is 17.8. The van der Waals surface area contributed by atoms with Crippen LogP contribution in [0.2, 0.25) is 0 Å². The van der Waals surface area contributed by atoms with Crippen LogP contribution in [0.25, 0.3) is 6.08 Å². The number of hydrogen-bond donors (Lipinski definition) is 1. The van der Waals surface area contributed by atoms with Crippen LogP contribution in [-0.4, -0.2) is 18.2 Å². The van der Waals surface area contributed by atoms with Gasteiger partial charge < -0.3 is 14.8 Å². The Morgan fingerprint density at radius 2 is 1.77 bits per heavy atom. The Labute approximate surface area is 239 Å². The van der Waals surface area contributed by atoms with Crippen LogP contribution in [0.3, 0.4) is 0 Å². The van der Waals surface area contributed by atoms with Crippen LogP contribution in [0.4, 0.5) is 5.69 Å². The van der Waals surface area contributed by atoms with Gasteiger partial charge in [-0.25, -0.2) is 4.99 Å². The van der Waals surface area contributed by atoms with Crippen molar-refractivity contribution in [3.8, 4) is 11.5 Å². The average molecular weight is 728 g/mol. The van der Waals surface area contributed by atoms with Gasteiger partial charge in [0.2, 0.25) is 0 Å². The zero-order chi connectivity index (χ0) is 25.1. The molecule has 5 nitrogen and oxygen atoms in total. The summed E-state index contributed by atoms with van der Waals surface area (Å²) in [6.07, 6.45) is 1.82. The maximum absolute atomic E-state index is 12.6. The molecular weight excluding hydrogens is 707 g/mol. The van der Waals surface area contributed by atoms with E-state index in [2.05, 4.69) is 64.8 Å². The molecule has 3 aromatic carbocycles. The Morgan fingerprint density at radius 3 is 2.43 bits per heavy atom. The Hall–Kier alpha value is -1.82. The van der Waals surface area contributed by atoms with Gasteiger partial charge in [0, 0.05) is 8.04 Å². The Bertz CT molecular complexity index is 1330. The molecule has 1 aliphatic heterocycles. The van der Waals surface area contributed by atoms with Crippen molar-refractivity contribution in [3.05, 3.63) is 88.2 Å². The van der Waals surface area contributed by atoms with Crippen LogP contribution in [0.5, 0.6) is 11.5 Å². The van der Waals surface area contributed by atoms with E-state index in [0.29, 0.717) is 28.2 Å². The van der Waals surface area contributed by atoms with E-state index in [9.17, 15) is 4.79 Å². The quantitative estimate of drug-likeness (QED) is 0.207. The van der Waals surface area contributed by atoms with Crippen LogP contribution in [0.1, 0.15) is 22.3 Å². The molecule has 0 radical (unpaired) electrons.